The number of nitrogens with zero attached hydrogens (tertiary/aromatic N) is 4. The first-order chi connectivity index (χ1) is 9.15. The van der Waals surface area contributed by atoms with Gasteiger partial charge in [-0.15, -0.1) is 0 Å². The lowest BCUT2D eigenvalue weighted by atomic mass is 10.2. The molecule has 0 aromatic carbocycles. The molecule has 0 radical (unpaired) electrons. The van der Waals surface area contributed by atoms with Gasteiger partial charge in [0.05, 0.1) is 10.2 Å². The highest BCUT2D eigenvalue weighted by Gasteiger charge is 2.13. The van der Waals surface area contributed by atoms with Crippen molar-refractivity contribution >= 4 is 21.7 Å². The molecule has 0 aliphatic carbocycles. The van der Waals surface area contributed by atoms with Crippen LogP contribution in [0, 0.1) is 0 Å². The van der Waals surface area contributed by atoms with Crippen LogP contribution in [0.15, 0.2) is 16.7 Å². The molecule has 19 heavy (non-hydrogen) atoms. The SMILES string of the molecule is CCCc1nc(-c2ccn(C)n2)nc(NCC)c1Br. The third-order valence-corrected chi connectivity index (χ3v) is 3.53. The van der Waals surface area contributed by atoms with E-state index in [2.05, 4.69) is 50.2 Å². The van der Waals surface area contributed by atoms with Crippen LogP contribution >= 0.6 is 15.9 Å². The number of hydrogen-bond acceptors (Lipinski definition) is 4. The molecule has 0 atom stereocenters. The van der Waals surface area contributed by atoms with Gasteiger partial charge in [-0.05, 0) is 35.3 Å². The van der Waals surface area contributed by atoms with E-state index >= 15 is 0 Å². The molecule has 0 aliphatic heterocycles. The van der Waals surface area contributed by atoms with E-state index in [1.54, 1.807) is 4.68 Å². The van der Waals surface area contributed by atoms with Gasteiger partial charge < -0.3 is 5.32 Å². The van der Waals surface area contributed by atoms with Crippen molar-refractivity contribution in [1.29, 1.82) is 0 Å². The lowest BCUT2D eigenvalue weighted by Gasteiger charge is -2.10. The third kappa shape index (κ3) is 3.12. The highest BCUT2D eigenvalue weighted by Crippen LogP contribution is 2.27. The van der Waals surface area contributed by atoms with Crippen molar-refractivity contribution in [3.8, 4) is 11.5 Å². The van der Waals surface area contributed by atoms with E-state index in [0.717, 1.165) is 41.1 Å². The molecule has 0 amide bonds. The van der Waals surface area contributed by atoms with E-state index in [0.29, 0.717) is 5.82 Å². The van der Waals surface area contributed by atoms with E-state index in [1.165, 1.54) is 0 Å². The molecule has 0 saturated carbocycles. The number of aryl methyl sites for hydroxylation is 2. The van der Waals surface area contributed by atoms with E-state index < -0.39 is 0 Å². The topological polar surface area (TPSA) is 55.6 Å². The average Bonchev–Trinajstić information content (AvgIpc) is 2.81. The Bertz CT molecular complexity index is 537. The Kier molecular flexibility index (Phi) is 4.52. The zero-order valence-electron chi connectivity index (χ0n) is 11.4. The van der Waals surface area contributed by atoms with Crippen LogP contribution in [-0.4, -0.2) is 26.3 Å². The lowest BCUT2D eigenvalue weighted by molar-refractivity contribution is 0.767. The molecule has 2 heterocycles. The summed E-state index contributed by atoms with van der Waals surface area (Å²) >= 11 is 3.58. The number of aromatic nitrogens is 4. The molecule has 0 fully saturated rings. The maximum Gasteiger partial charge on any atom is 0.182 e. The van der Waals surface area contributed by atoms with Gasteiger partial charge in [-0.25, -0.2) is 9.97 Å². The summed E-state index contributed by atoms with van der Waals surface area (Å²) in [6.45, 7) is 5.01. The molecule has 0 aliphatic rings. The smallest absolute Gasteiger partial charge is 0.182 e. The zero-order chi connectivity index (χ0) is 13.8. The molecule has 6 heteroatoms. The van der Waals surface area contributed by atoms with Crippen molar-refractivity contribution in [2.75, 3.05) is 11.9 Å². The summed E-state index contributed by atoms with van der Waals surface area (Å²) in [5.41, 5.74) is 1.82. The fourth-order valence-corrected chi connectivity index (χ4v) is 2.35. The number of nitrogens with one attached hydrogen (secondary N) is 1. The predicted octanol–water partition coefficient (Wildman–Crippen LogP) is 3.02. The number of hydrogen-bond donors (Lipinski definition) is 1. The quantitative estimate of drug-likeness (QED) is 0.918. The zero-order valence-corrected chi connectivity index (χ0v) is 13.0. The van der Waals surface area contributed by atoms with Gasteiger partial charge in [0.15, 0.2) is 5.82 Å². The molecule has 0 saturated heterocycles. The summed E-state index contributed by atoms with van der Waals surface area (Å²) in [6, 6.07) is 1.93. The largest absolute Gasteiger partial charge is 0.369 e. The number of rotatable bonds is 5. The van der Waals surface area contributed by atoms with E-state index in [9.17, 15) is 0 Å². The van der Waals surface area contributed by atoms with Crippen LogP contribution in [0.25, 0.3) is 11.5 Å². The average molecular weight is 324 g/mol. The van der Waals surface area contributed by atoms with Crippen molar-refractivity contribution in [2.24, 2.45) is 7.05 Å². The second-order valence-corrected chi connectivity index (χ2v) is 5.10. The molecule has 0 unspecified atom stereocenters. The first-order valence-corrected chi connectivity index (χ1v) is 7.25. The van der Waals surface area contributed by atoms with Gasteiger partial charge in [0.1, 0.15) is 11.5 Å². The fraction of sp³-hybridized carbons (Fsp3) is 0.462. The van der Waals surface area contributed by atoms with Gasteiger partial charge in [0, 0.05) is 19.8 Å². The second-order valence-electron chi connectivity index (χ2n) is 4.31. The number of anilines is 1. The minimum Gasteiger partial charge on any atom is -0.369 e. The fourth-order valence-electron chi connectivity index (χ4n) is 1.83. The Balaban J connectivity index is 2.48. The van der Waals surface area contributed by atoms with Crippen LogP contribution in [0.5, 0.6) is 0 Å². The summed E-state index contributed by atoms with van der Waals surface area (Å²) in [5, 5.41) is 7.62. The minimum atomic E-state index is 0.670. The van der Waals surface area contributed by atoms with Crippen molar-refractivity contribution in [3.63, 3.8) is 0 Å². The standard InChI is InChI=1S/C13H18BrN5/c1-4-6-9-11(14)13(15-5-2)17-12(16-9)10-7-8-19(3)18-10/h7-8H,4-6H2,1-3H3,(H,15,16,17). The Morgan fingerprint density at radius 1 is 1.32 bits per heavy atom. The van der Waals surface area contributed by atoms with Crippen LogP contribution in [0.1, 0.15) is 26.0 Å². The van der Waals surface area contributed by atoms with Gasteiger partial charge in [-0.1, -0.05) is 13.3 Å². The molecule has 0 bridgehead atoms. The van der Waals surface area contributed by atoms with E-state index in [1.807, 2.05) is 19.3 Å². The van der Waals surface area contributed by atoms with Crippen LogP contribution in [-0.2, 0) is 13.5 Å². The van der Waals surface area contributed by atoms with Crippen LogP contribution in [0.3, 0.4) is 0 Å². The van der Waals surface area contributed by atoms with Gasteiger partial charge in [0.2, 0.25) is 0 Å². The first kappa shape index (κ1) is 14.0. The maximum absolute atomic E-state index is 4.61. The second kappa shape index (κ2) is 6.14. The Morgan fingerprint density at radius 2 is 2.11 bits per heavy atom. The minimum absolute atomic E-state index is 0.670. The predicted molar refractivity (Wildman–Crippen MR) is 80.1 cm³/mol. The monoisotopic (exact) mass is 323 g/mol. The highest BCUT2D eigenvalue weighted by atomic mass is 79.9. The Hall–Kier alpha value is -1.43. The summed E-state index contributed by atoms with van der Waals surface area (Å²) in [4.78, 5) is 9.16. The van der Waals surface area contributed by atoms with Crippen molar-refractivity contribution in [2.45, 2.75) is 26.7 Å². The summed E-state index contributed by atoms with van der Waals surface area (Å²) < 4.78 is 2.71. The summed E-state index contributed by atoms with van der Waals surface area (Å²) in [7, 11) is 1.89. The Labute approximate surface area is 121 Å². The lowest BCUT2D eigenvalue weighted by Crippen LogP contribution is -2.06. The van der Waals surface area contributed by atoms with E-state index in [4.69, 9.17) is 0 Å². The molecule has 102 valence electrons. The van der Waals surface area contributed by atoms with Crippen molar-refractivity contribution in [1.82, 2.24) is 19.7 Å². The van der Waals surface area contributed by atoms with Crippen LogP contribution in [0.2, 0.25) is 0 Å². The molecule has 5 nitrogen and oxygen atoms in total. The van der Waals surface area contributed by atoms with E-state index in [-0.39, 0.29) is 0 Å². The van der Waals surface area contributed by atoms with Crippen LogP contribution < -0.4 is 5.32 Å². The highest BCUT2D eigenvalue weighted by molar-refractivity contribution is 9.10. The normalized spacial score (nSPS) is 10.7. The molecule has 1 N–H and O–H groups in total. The molecule has 2 rings (SSSR count). The Morgan fingerprint density at radius 3 is 2.68 bits per heavy atom. The van der Waals surface area contributed by atoms with Gasteiger partial charge in [0.25, 0.3) is 0 Å². The summed E-state index contributed by atoms with van der Waals surface area (Å²) in [5.74, 6) is 1.50. The third-order valence-electron chi connectivity index (χ3n) is 2.69. The van der Waals surface area contributed by atoms with Crippen molar-refractivity contribution < 1.29 is 0 Å². The van der Waals surface area contributed by atoms with Crippen molar-refractivity contribution in [3.05, 3.63) is 22.4 Å². The van der Waals surface area contributed by atoms with Gasteiger partial charge in [-0.2, -0.15) is 5.10 Å². The number of halogens is 1. The summed E-state index contributed by atoms with van der Waals surface area (Å²) in [6.07, 6.45) is 3.86. The molecule has 0 spiro atoms. The maximum atomic E-state index is 4.61. The molecular formula is C13H18BrN5. The van der Waals surface area contributed by atoms with Crippen LogP contribution in [0.4, 0.5) is 5.82 Å². The van der Waals surface area contributed by atoms with Gasteiger partial charge in [-0.3, -0.25) is 4.68 Å². The molecule has 2 aromatic heterocycles. The molecule has 2 aromatic rings. The van der Waals surface area contributed by atoms with Gasteiger partial charge >= 0.3 is 0 Å². The molecular weight excluding hydrogens is 306 g/mol. The first-order valence-electron chi connectivity index (χ1n) is 6.46.